The first kappa shape index (κ1) is 30.3. The quantitative estimate of drug-likeness (QED) is 0.303. The topological polar surface area (TPSA) is 125 Å². The summed E-state index contributed by atoms with van der Waals surface area (Å²) in [6.07, 6.45) is 0.671. The predicted molar refractivity (Wildman–Crippen MR) is 156 cm³/mol. The summed E-state index contributed by atoms with van der Waals surface area (Å²) in [4.78, 5) is 25.9. The third-order valence-corrected chi connectivity index (χ3v) is 9.05. The van der Waals surface area contributed by atoms with Crippen LogP contribution in [0.1, 0.15) is 24.5 Å². The standard InChI is InChI=1S/C30H36FN5O4S/c1-22(30(38)33-26-14-12-25(31)13-15-26)18-27(32)28(19-23-8-4-2-5-9-23)34-29(37)21-36-17-16-35(41(36,39)40)20-24-10-6-3-7-11-24/h2-15,22,27-28H,16-21,32H2,1H3,(H,33,38)(H,34,37)/t22-,27+,28+/m1/s1. The van der Waals surface area contributed by atoms with E-state index < -0.39 is 39.9 Å². The van der Waals surface area contributed by atoms with Gasteiger partial charge in [-0.25, -0.2) is 4.39 Å². The second kappa shape index (κ2) is 13.8. The molecule has 1 aliphatic rings. The van der Waals surface area contributed by atoms with Gasteiger partial charge in [0.05, 0.1) is 6.54 Å². The van der Waals surface area contributed by atoms with E-state index in [1.165, 1.54) is 32.9 Å². The predicted octanol–water partition coefficient (Wildman–Crippen LogP) is 2.91. The minimum absolute atomic E-state index is 0.207. The number of hydrogen-bond acceptors (Lipinski definition) is 5. The van der Waals surface area contributed by atoms with Gasteiger partial charge in [0.1, 0.15) is 5.82 Å². The van der Waals surface area contributed by atoms with E-state index in [1.54, 1.807) is 6.92 Å². The van der Waals surface area contributed by atoms with Crippen molar-refractivity contribution >= 4 is 27.7 Å². The van der Waals surface area contributed by atoms with E-state index in [0.717, 1.165) is 11.1 Å². The van der Waals surface area contributed by atoms with Gasteiger partial charge in [-0.05, 0) is 48.2 Å². The normalized spacial score (nSPS) is 17.4. The molecule has 1 saturated heterocycles. The third kappa shape index (κ3) is 8.43. The van der Waals surface area contributed by atoms with Crippen molar-refractivity contribution in [2.45, 2.75) is 38.4 Å². The van der Waals surface area contributed by atoms with Crippen molar-refractivity contribution in [1.29, 1.82) is 0 Å². The Bertz CT molecular complexity index is 1410. The van der Waals surface area contributed by atoms with E-state index in [4.69, 9.17) is 5.73 Å². The van der Waals surface area contributed by atoms with Gasteiger partial charge in [-0.15, -0.1) is 0 Å². The molecular weight excluding hydrogens is 545 g/mol. The highest BCUT2D eigenvalue weighted by atomic mass is 32.2. The van der Waals surface area contributed by atoms with Gasteiger partial charge in [0.15, 0.2) is 0 Å². The Morgan fingerprint density at radius 1 is 0.902 bits per heavy atom. The molecule has 1 fully saturated rings. The molecule has 0 aromatic heterocycles. The summed E-state index contributed by atoms with van der Waals surface area (Å²) in [5.41, 5.74) is 8.84. The van der Waals surface area contributed by atoms with Crippen molar-refractivity contribution in [3.05, 3.63) is 102 Å². The second-order valence-corrected chi connectivity index (χ2v) is 12.2. The van der Waals surface area contributed by atoms with Gasteiger partial charge in [0.2, 0.25) is 11.8 Å². The average molecular weight is 582 g/mol. The van der Waals surface area contributed by atoms with Crippen LogP contribution in [0.4, 0.5) is 10.1 Å². The molecule has 4 rings (SSSR count). The summed E-state index contributed by atoms with van der Waals surface area (Å²) in [5.74, 6) is -1.65. The molecule has 0 unspecified atom stereocenters. The van der Waals surface area contributed by atoms with E-state index in [1.807, 2.05) is 60.7 Å². The van der Waals surface area contributed by atoms with Crippen molar-refractivity contribution in [1.82, 2.24) is 13.9 Å². The fraction of sp³-hybridized carbons (Fsp3) is 0.333. The van der Waals surface area contributed by atoms with Crippen LogP contribution >= 0.6 is 0 Å². The van der Waals surface area contributed by atoms with Crippen LogP contribution in [0.5, 0.6) is 0 Å². The molecule has 1 heterocycles. The molecule has 0 radical (unpaired) electrons. The second-order valence-electron chi connectivity index (χ2n) is 10.3. The van der Waals surface area contributed by atoms with Crippen LogP contribution in [0.15, 0.2) is 84.9 Å². The third-order valence-electron chi connectivity index (χ3n) is 7.12. The van der Waals surface area contributed by atoms with E-state index in [2.05, 4.69) is 10.6 Å². The van der Waals surface area contributed by atoms with E-state index in [9.17, 15) is 22.4 Å². The summed E-state index contributed by atoms with van der Waals surface area (Å²) >= 11 is 0. The number of carbonyl (C=O) groups is 2. The van der Waals surface area contributed by atoms with Crippen LogP contribution < -0.4 is 16.4 Å². The zero-order valence-corrected chi connectivity index (χ0v) is 23.8. The minimum atomic E-state index is -3.80. The summed E-state index contributed by atoms with van der Waals surface area (Å²) in [6.45, 7) is 2.14. The number of benzene rings is 3. The average Bonchev–Trinajstić information content (AvgIpc) is 3.22. The SMILES string of the molecule is C[C@H](C[C@H](N)[C@H](Cc1ccccc1)NC(=O)CN1CCN(Cc2ccccc2)S1(=O)=O)C(=O)Nc1ccc(F)cc1. The molecule has 0 aliphatic carbocycles. The maximum absolute atomic E-state index is 13.2. The van der Waals surface area contributed by atoms with Crippen LogP contribution in [0.25, 0.3) is 0 Å². The zero-order chi connectivity index (χ0) is 29.4. The van der Waals surface area contributed by atoms with Crippen molar-refractivity contribution in [2.24, 2.45) is 11.7 Å². The lowest BCUT2D eigenvalue weighted by atomic mass is 9.92. The maximum atomic E-state index is 13.2. The molecule has 3 aromatic carbocycles. The largest absolute Gasteiger partial charge is 0.350 e. The Kier molecular flexibility index (Phi) is 10.2. The van der Waals surface area contributed by atoms with Crippen molar-refractivity contribution in [3.63, 3.8) is 0 Å². The summed E-state index contributed by atoms with van der Waals surface area (Å²) in [7, 11) is -3.80. The highest BCUT2D eigenvalue weighted by Crippen LogP contribution is 2.20. The Morgan fingerprint density at radius 3 is 2.12 bits per heavy atom. The first-order valence-electron chi connectivity index (χ1n) is 13.6. The molecule has 3 atom stereocenters. The lowest BCUT2D eigenvalue weighted by Crippen LogP contribution is -2.52. The maximum Gasteiger partial charge on any atom is 0.282 e. The molecule has 218 valence electrons. The fourth-order valence-electron chi connectivity index (χ4n) is 4.79. The molecule has 2 amide bonds. The van der Waals surface area contributed by atoms with Crippen LogP contribution in [0, 0.1) is 11.7 Å². The Morgan fingerprint density at radius 2 is 1.49 bits per heavy atom. The number of hydrogen-bond donors (Lipinski definition) is 3. The number of halogens is 1. The van der Waals surface area contributed by atoms with Crippen molar-refractivity contribution < 1.29 is 22.4 Å². The van der Waals surface area contributed by atoms with Gasteiger partial charge in [-0.3, -0.25) is 9.59 Å². The number of rotatable bonds is 12. The van der Waals surface area contributed by atoms with Gasteiger partial charge in [-0.2, -0.15) is 17.0 Å². The first-order chi connectivity index (χ1) is 19.6. The van der Waals surface area contributed by atoms with Gasteiger partial charge in [0, 0.05) is 43.3 Å². The van der Waals surface area contributed by atoms with Crippen molar-refractivity contribution in [3.8, 4) is 0 Å². The number of nitrogens with zero attached hydrogens (tertiary/aromatic N) is 2. The van der Waals surface area contributed by atoms with Crippen LogP contribution in [-0.4, -0.2) is 60.6 Å². The molecule has 4 N–H and O–H groups in total. The summed E-state index contributed by atoms with van der Waals surface area (Å²) in [6, 6.07) is 23.1. The van der Waals surface area contributed by atoms with Gasteiger partial charge < -0.3 is 16.4 Å². The highest BCUT2D eigenvalue weighted by Gasteiger charge is 2.38. The molecule has 0 bridgehead atoms. The van der Waals surface area contributed by atoms with Crippen LogP contribution in [0.3, 0.4) is 0 Å². The number of nitrogens with two attached hydrogens (primary N) is 1. The molecule has 41 heavy (non-hydrogen) atoms. The first-order valence-corrected chi connectivity index (χ1v) is 15.0. The Hall–Kier alpha value is -3.64. The fourth-order valence-corrected chi connectivity index (χ4v) is 6.34. The van der Waals surface area contributed by atoms with Gasteiger partial charge >= 0.3 is 0 Å². The number of amides is 2. The van der Waals surface area contributed by atoms with Crippen LogP contribution in [-0.2, 0) is 32.8 Å². The van der Waals surface area contributed by atoms with E-state index in [-0.39, 0.29) is 38.5 Å². The number of anilines is 1. The summed E-state index contributed by atoms with van der Waals surface area (Å²) < 4.78 is 42.0. The molecular formula is C30H36FN5O4S. The Balaban J connectivity index is 1.39. The molecule has 0 saturated carbocycles. The molecule has 1 aliphatic heterocycles. The molecule has 0 spiro atoms. The van der Waals surface area contributed by atoms with E-state index >= 15 is 0 Å². The lowest BCUT2D eigenvalue weighted by Gasteiger charge is -2.28. The molecule has 9 nitrogen and oxygen atoms in total. The Labute approximate surface area is 240 Å². The molecule has 3 aromatic rings. The van der Waals surface area contributed by atoms with Crippen LogP contribution in [0.2, 0.25) is 0 Å². The zero-order valence-electron chi connectivity index (χ0n) is 22.9. The highest BCUT2D eigenvalue weighted by molar-refractivity contribution is 7.87. The number of carbonyl (C=O) groups excluding carboxylic acids is 2. The number of nitrogens with one attached hydrogen (secondary N) is 2. The smallest absolute Gasteiger partial charge is 0.282 e. The van der Waals surface area contributed by atoms with Crippen molar-refractivity contribution in [2.75, 3.05) is 25.0 Å². The minimum Gasteiger partial charge on any atom is -0.350 e. The summed E-state index contributed by atoms with van der Waals surface area (Å²) in [5, 5.41) is 5.69. The monoisotopic (exact) mass is 581 g/mol. The van der Waals surface area contributed by atoms with E-state index in [0.29, 0.717) is 12.1 Å². The lowest BCUT2D eigenvalue weighted by molar-refractivity contribution is -0.122. The van der Waals surface area contributed by atoms with Gasteiger partial charge in [-0.1, -0.05) is 67.6 Å². The molecule has 11 heteroatoms. The van der Waals surface area contributed by atoms with Gasteiger partial charge in [0.25, 0.3) is 10.2 Å².